The standard InChI is InChI=1S/C13H24N2O/c1-10(12-4-6-16-9-12)15-5-2-3-11-7-14-8-13(11)15/h10-14H,2-9H2,1H3. The van der Waals surface area contributed by atoms with E-state index in [1.165, 1.54) is 38.9 Å². The van der Waals surface area contributed by atoms with Gasteiger partial charge in [-0.15, -0.1) is 0 Å². The quantitative estimate of drug-likeness (QED) is 0.760. The Kier molecular flexibility index (Phi) is 3.18. The molecule has 3 aliphatic rings. The molecule has 0 aromatic rings. The number of likely N-dealkylation sites (tertiary alicyclic amines) is 1. The molecule has 0 amide bonds. The van der Waals surface area contributed by atoms with E-state index in [9.17, 15) is 0 Å². The Balaban J connectivity index is 1.67. The van der Waals surface area contributed by atoms with E-state index in [0.717, 1.165) is 37.1 Å². The van der Waals surface area contributed by atoms with Crippen LogP contribution in [-0.2, 0) is 4.74 Å². The van der Waals surface area contributed by atoms with Crippen LogP contribution in [-0.4, -0.2) is 49.8 Å². The first kappa shape index (κ1) is 11.0. The van der Waals surface area contributed by atoms with E-state index in [1.807, 2.05) is 0 Å². The molecule has 3 rings (SSSR count). The number of nitrogens with one attached hydrogen (secondary N) is 1. The average Bonchev–Trinajstić information content (AvgIpc) is 2.98. The molecule has 4 atom stereocenters. The zero-order valence-corrected chi connectivity index (χ0v) is 10.3. The summed E-state index contributed by atoms with van der Waals surface area (Å²) in [6.07, 6.45) is 4.09. The molecule has 0 saturated carbocycles. The molecule has 0 aromatic heterocycles. The summed E-state index contributed by atoms with van der Waals surface area (Å²) in [7, 11) is 0. The highest BCUT2D eigenvalue weighted by molar-refractivity contribution is 4.95. The minimum atomic E-state index is 0.718. The van der Waals surface area contributed by atoms with Crippen LogP contribution < -0.4 is 5.32 Å². The van der Waals surface area contributed by atoms with Crippen LogP contribution in [0.4, 0.5) is 0 Å². The molecule has 3 heterocycles. The van der Waals surface area contributed by atoms with Gasteiger partial charge in [0.05, 0.1) is 6.61 Å². The summed E-state index contributed by atoms with van der Waals surface area (Å²) in [5, 5.41) is 3.57. The maximum atomic E-state index is 5.54. The van der Waals surface area contributed by atoms with Crippen molar-refractivity contribution in [1.82, 2.24) is 10.2 Å². The third-order valence-corrected chi connectivity index (χ3v) is 4.89. The van der Waals surface area contributed by atoms with Crippen LogP contribution in [0, 0.1) is 11.8 Å². The smallest absolute Gasteiger partial charge is 0.0509 e. The monoisotopic (exact) mass is 224 g/mol. The summed E-state index contributed by atoms with van der Waals surface area (Å²) >= 11 is 0. The number of hydrogen-bond acceptors (Lipinski definition) is 3. The fraction of sp³-hybridized carbons (Fsp3) is 1.00. The molecule has 1 N–H and O–H groups in total. The van der Waals surface area contributed by atoms with Crippen molar-refractivity contribution in [2.45, 2.75) is 38.3 Å². The van der Waals surface area contributed by atoms with Gasteiger partial charge in [-0.2, -0.15) is 0 Å². The Morgan fingerprint density at radius 2 is 2.25 bits per heavy atom. The van der Waals surface area contributed by atoms with Gasteiger partial charge in [-0.3, -0.25) is 4.90 Å². The molecule has 3 fully saturated rings. The predicted molar refractivity (Wildman–Crippen MR) is 64.5 cm³/mol. The molecule has 3 heteroatoms. The number of piperidine rings is 1. The minimum absolute atomic E-state index is 0.718. The van der Waals surface area contributed by atoms with Gasteiger partial charge in [-0.05, 0) is 51.1 Å². The van der Waals surface area contributed by atoms with Gasteiger partial charge in [-0.1, -0.05) is 0 Å². The van der Waals surface area contributed by atoms with E-state index in [0.29, 0.717) is 0 Å². The Hall–Kier alpha value is -0.120. The number of fused-ring (bicyclic) bond motifs is 1. The predicted octanol–water partition coefficient (Wildman–Crippen LogP) is 1.10. The van der Waals surface area contributed by atoms with E-state index in [-0.39, 0.29) is 0 Å². The number of nitrogens with zero attached hydrogens (tertiary/aromatic N) is 1. The van der Waals surface area contributed by atoms with Gasteiger partial charge in [0.25, 0.3) is 0 Å². The van der Waals surface area contributed by atoms with Gasteiger partial charge in [-0.25, -0.2) is 0 Å². The lowest BCUT2D eigenvalue weighted by atomic mass is 9.88. The first-order valence-electron chi connectivity index (χ1n) is 6.90. The molecule has 0 bridgehead atoms. The van der Waals surface area contributed by atoms with Crippen molar-refractivity contribution in [2.75, 3.05) is 32.8 Å². The maximum Gasteiger partial charge on any atom is 0.0509 e. The second-order valence-electron chi connectivity index (χ2n) is 5.73. The molecule has 0 aliphatic carbocycles. The van der Waals surface area contributed by atoms with Gasteiger partial charge >= 0.3 is 0 Å². The molecule has 16 heavy (non-hydrogen) atoms. The molecule has 4 unspecified atom stereocenters. The summed E-state index contributed by atoms with van der Waals surface area (Å²) in [4.78, 5) is 2.77. The van der Waals surface area contributed by atoms with Gasteiger partial charge < -0.3 is 10.1 Å². The molecule has 0 radical (unpaired) electrons. The second kappa shape index (κ2) is 4.63. The Labute approximate surface area is 98.5 Å². The Morgan fingerprint density at radius 3 is 3.06 bits per heavy atom. The Morgan fingerprint density at radius 1 is 1.31 bits per heavy atom. The van der Waals surface area contributed by atoms with Crippen LogP contribution in [0.2, 0.25) is 0 Å². The lowest BCUT2D eigenvalue weighted by Crippen LogP contribution is -2.51. The van der Waals surface area contributed by atoms with Crippen molar-refractivity contribution < 1.29 is 4.74 Å². The fourth-order valence-electron chi connectivity index (χ4n) is 3.81. The third-order valence-electron chi connectivity index (χ3n) is 4.89. The SMILES string of the molecule is CC(C1CCOC1)N1CCCC2CNCC21. The lowest BCUT2D eigenvalue weighted by Gasteiger charge is -2.42. The lowest BCUT2D eigenvalue weighted by molar-refractivity contribution is 0.0513. The summed E-state index contributed by atoms with van der Waals surface area (Å²) in [5.74, 6) is 1.69. The van der Waals surface area contributed by atoms with Crippen LogP contribution >= 0.6 is 0 Å². The highest BCUT2D eigenvalue weighted by Gasteiger charge is 2.39. The van der Waals surface area contributed by atoms with E-state index in [1.54, 1.807) is 0 Å². The van der Waals surface area contributed by atoms with Crippen molar-refractivity contribution in [3.05, 3.63) is 0 Å². The van der Waals surface area contributed by atoms with Gasteiger partial charge in [0.1, 0.15) is 0 Å². The molecule has 0 spiro atoms. The van der Waals surface area contributed by atoms with Crippen LogP contribution in [0.15, 0.2) is 0 Å². The van der Waals surface area contributed by atoms with Crippen molar-refractivity contribution in [3.8, 4) is 0 Å². The maximum absolute atomic E-state index is 5.54. The molecule has 92 valence electrons. The molecule has 3 aliphatic heterocycles. The molecular weight excluding hydrogens is 200 g/mol. The van der Waals surface area contributed by atoms with Crippen LogP contribution in [0.5, 0.6) is 0 Å². The number of hydrogen-bond donors (Lipinski definition) is 1. The van der Waals surface area contributed by atoms with E-state index in [2.05, 4.69) is 17.1 Å². The summed E-state index contributed by atoms with van der Waals surface area (Å²) in [6.45, 7) is 8.15. The van der Waals surface area contributed by atoms with Crippen LogP contribution in [0.3, 0.4) is 0 Å². The first-order valence-corrected chi connectivity index (χ1v) is 6.90. The average molecular weight is 224 g/mol. The fourth-order valence-corrected chi connectivity index (χ4v) is 3.81. The normalized spacial score (nSPS) is 42.2. The van der Waals surface area contributed by atoms with Gasteiger partial charge in [0.15, 0.2) is 0 Å². The zero-order valence-electron chi connectivity index (χ0n) is 10.3. The largest absolute Gasteiger partial charge is 0.381 e. The highest BCUT2D eigenvalue weighted by atomic mass is 16.5. The summed E-state index contributed by atoms with van der Waals surface area (Å²) < 4.78 is 5.54. The summed E-state index contributed by atoms with van der Waals surface area (Å²) in [5.41, 5.74) is 0. The van der Waals surface area contributed by atoms with Gasteiger partial charge in [0.2, 0.25) is 0 Å². The van der Waals surface area contributed by atoms with Crippen LogP contribution in [0.25, 0.3) is 0 Å². The molecule has 3 saturated heterocycles. The molecule has 0 aromatic carbocycles. The molecular formula is C13H24N2O. The van der Waals surface area contributed by atoms with Gasteiger partial charge in [0, 0.05) is 25.2 Å². The highest BCUT2D eigenvalue weighted by Crippen LogP contribution is 2.31. The number of rotatable bonds is 2. The van der Waals surface area contributed by atoms with Crippen molar-refractivity contribution in [2.24, 2.45) is 11.8 Å². The van der Waals surface area contributed by atoms with E-state index < -0.39 is 0 Å². The first-order chi connectivity index (χ1) is 7.86. The summed E-state index contributed by atoms with van der Waals surface area (Å²) in [6, 6.07) is 1.53. The minimum Gasteiger partial charge on any atom is -0.381 e. The topological polar surface area (TPSA) is 24.5 Å². The van der Waals surface area contributed by atoms with E-state index in [4.69, 9.17) is 4.74 Å². The van der Waals surface area contributed by atoms with E-state index >= 15 is 0 Å². The van der Waals surface area contributed by atoms with Crippen molar-refractivity contribution in [1.29, 1.82) is 0 Å². The number of ether oxygens (including phenoxy) is 1. The second-order valence-corrected chi connectivity index (χ2v) is 5.73. The van der Waals surface area contributed by atoms with Crippen molar-refractivity contribution >= 4 is 0 Å². The van der Waals surface area contributed by atoms with Crippen LogP contribution in [0.1, 0.15) is 26.2 Å². The Bertz CT molecular complexity index is 240. The third kappa shape index (κ3) is 1.89. The van der Waals surface area contributed by atoms with Crippen molar-refractivity contribution in [3.63, 3.8) is 0 Å². The zero-order chi connectivity index (χ0) is 11.0. The molecule has 3 nitrogen and oxygen atoms in total.